The molecule has 3 rings (SSSR count). The molecule has 2 aromatic heterocycles. The predicted molar refractivity (Wildman–Crippen MR) is 80.7 cm³/mol. The van der Waals surface area contributed by atoms with Gasteiger partial charge in [-0.15, -0.1) is 11.3 Å². The van der Waals surface area contributed by atoms with Gasteiger partial charge in [0.1, 0.15) is 4.83 Å². The SMILES string of the molecule is Cc1c(C(=O)N[C@H]2CCCC[C@@H]2O)sc2nc[nH]c(=O)c12. The van der Waals surface area contributed by atoms with Crippen molar-refractivity contribution in [2.45, 2.75) is 44.8 Å². The Morgan fingerprint density at radius 3 is 2.95 bits per heavy atom. The summed E-state index contributed by atoms with van der Waals surface area (Å²) in [5.41, 5.74) is 0.414. The first kappa shape index (κ1) is 14.2. The maximum Gasteiger partial charge on any atom is 0.262 e. The molecule has 1 aliphatic carbocycles. The molecule has 1 fully saturated rings. The number of aromatic amines is 1. The van der Waals surface area contributed by atoms with E-state index in [4.69, 9.17) is 0 Å². The average molecular weight is 307 g/mol. The number of aliphatic hydroxyl groups is 1. The highest BCUT2D eigenvalue weighted by molar-refractivity contribution is 7.20. The van der Waals surface area contributed by atoms with Gasteiger partial charge in [-0.05, 0) is 25.3 Å². The van der Waals surface area contributed by atoms with Crippen LogP contribution in [0.25, 0.3) is 10.2 Å². The van der Waals surface area contributed by atoms with Crippen molar-refractivity contribution in [2.75, 3.05) is 0 Å². The molecule has 2 heterocycles. The van der Waals surface area contributed by atoms with Gasteiger partial charge < -0.3 is 15.4 Å². The van der Waals surface area contributed by atoms with Crippen LogP contribution in [0.3, 0.4) is 0 Å². The van der Waals surface area contributed by atoms with Crippen LogP contribution < -0.4 is 10.9 Å². The van der Waals surface area contributed by atoms with Crippen LogP contribution in [-0.4, -0.2) is 33.1 Å². The molecule has 1 saturated carbocycles. The summed E-state index contributed by atoms with van der Waals surface area (Å²) in [5.74, 6) is -0.235. The van der Waals surface area contributed by atoms with Crippen LogP contribution in [0.2, 0.25) is 0 Å². The first-order chi connectivity index (χ1) is 10.1. The molecule has 0 unspecified atom stereocenters. The third-order valence-electron chi connectivity index (χ3n) is 3.98. The topological polar surface area (TPSA) is 95.1 Å². The fourth-order valence-corrected chi connectivity index (χ4v) is 3.86. The quantitative estimate of drug-likeness (QED) is 0.780. The number of carbonyl (C=O) groups is 1. The summed E-state index contributed by atoms with van der Waals surface area (Å²) in [7, 11) is 0. The number of H-pyrrole nitrogens is 1. The number of aromatic nitrogens is 2. The highest BCUT2D eigenvalue weighted by Crippen LogP contribution is 2.27. The van der Waals surface area contributed by atoms with Crippen LogP contribution in [0.15, 0.2) is 11.1 Å². The Hall–Kier alpha value is -1.73. The Balaban J connectivity index is 1.90. The molecule has 3 N–H and O–H groups in total. The molecular formula is C14H17N3O3S. The van der Waals surface area contributed by atoms with E-state index < -0.39 is 6.10 Å². The minimum Gasteiger partial charge on any atom is -0.391 e. The molecule has 2 atom stereocenters. The van der Waals surface area contributed by atoms with E-state index in [1.54, 1.807) is 6.92 Å². The van der Waals surface area contributed by atoms with E-state index in [2.05, 4.69) is 15.3 Å². The van der Waals surface area contributed by atoms with E-state index in [1.165, 1.54) is 17.7 Å². The lowest BCUT2D eigenvalue weighted by molar-refractivity contribution is 0.0720. The number of aryl methyl sites for hydroxylation is 1. The second kappa shape index (κ2) is 5.57. The van der Waals surface area contributed by atoms with E-state index in [9.17, 15) is 14.7 Å². The van der Waals surface area contributed by atoms with Gasteiger partial charge in [-0.2, -0.15) is 0 Å². The molecule has 0 spiro atoms. The largest absolute Gasteiger partial charge is 0.391 e. The summed E-state index contributed by atoms with van der Waals surface area (Å²) in [5, 5.41) is 13.3. The molecule has 2 aromatic rings. The monoisotopic (exact) mass is 307 g/mol. The first-order valence-electron chi connectivity index (χ1n) is 7.03. The van der Waals surface area contributed by atoms with E-state index in [0.29, 0.717) is 20.7 Å². The number of aliphatic hydroxyl groups excluding tert-OH is 1. The number of fused-ring (bicyclic) bond motifs is 1. The second-order valence-corrected chi connectivity index (χ2v) is 6.40. The first-order valence-corrected chi connectivity index (χ1v) is 7.85. The molecule has 21 heavy (non-hydrogen) atoms. The van der Waals surface area contributed by atoms with Crippen molar-refractivity contribution >= 4 is 27.5 Å². The lowest BCUT2D eigenvalue weighted by Gasteiger charge is -2.28. The minimum absolute atomic E-state index is 0.206. The number of thiophene rings is 1. The maximum atomic E-state index is 12.4. The van der Waals surface area contributed by atoms with Crippen LogP contribution in [0.4, 0.5) is 0 Å². The molecule has 0 saturated heterocycles. The Kier molecular flexibility index (Phi) is 3.77. The smallest absolute Gasteiger partial charge is 0.262 e. The zero-order valence-corrected chi connectivity index (χ0v) is 12.5. The highest BCUT2D eigenvalue weighted by Gasteiger charge is 2.26. The van der Waals surface area contributed by atoms with Gasteiger partial charge in [-0.1, -0.05) is 12.8 Å². The Morgan fingerprint density at radius 1 is 1.48 bits per heavy atom. The van der Waals surface area contributed by atoms with Crippen LogP contribution in [0.1, 0.15) is 40.9 Å². The van der Waals surface area contributed by atoms with Crippen molar-refractivity contribution in [1.29, 1.82) is 0 Å². The van der Waals surface area contributed by atoms with Gasteiger partial charge in [0.2, 0.25) is 0 Å². The Bertz CT molecular complexity index is 737. The Morgan fingerprint density at radius 2 is 2.24 bits per heavy atom. The number of nitrogens with zero attached hydrogens (tertiary/aromatic N) is 1. The lowest BCUT2D eigenvalue weighted by Crippen LogP contribution is -2.45. The van der Waals surface area contributed by atoms with Crippen molar-refractivity contribution in [3.05, 3.63) is 27.1 Å². The van der Waals surface area contributed by atoms with Gasteiger partial charge in [-0.25, -0.2) is 4.98 Å². The van der Waals surface area contributed by atoms with Gasteiger partial charge in [0.05, 0.1) is 28.7 Å². The number of nitrogens with one attached hydrogen (secondary N) is 2. The average Bonchev–Trinajstić information content (AvgIpc) is 2.80. The van der Waals surface area contributed by atoms with E-state index in [1.807, 2.05) is 0 Å². The van der Waals surface area contributed by atoms with Crippen LogP contribution in [0, 0.1) is 6.92 Å². The van der Waals surface area contributed by atoms with Crippen LogP contribution >= 0.6 is 11.3 Å². The third kappa shape index (κ3) is 2.58. The summed E-state index contributed by atoms with van der Waals surface area (Å²) in [6.45, 7) is 1.75. The molecular weight excluding hydrogens is 290 g/mol. The standard InChI is InChI=1S/C14H17N3O3S/c1-7-10-12(19)15-6-16-14(10)21-11(7)13(20)17-8-4-2-3-5-9(8)18/h6,8-9,18H,2-5H2,1H3,(H,17,20)(H,15,16,19)/t8-,9-/m0/s1. The summed E-state index contributed by atoms with van der Waals surface area (Å²) < 4.78 is 0. The second-order valence-electron chi connectivity index (χ2n) is 5.40. The van der Waals surface area contributed by atoms with E-state index in [0.717, 1.165) is 25.7 Å². The highest BCUT2D eigenvalue weighted by atomic mass is 32.1. The van der Waals surface area contributed by atoms with Crippen molar-refractivity contribution in [3.63, 3.8) is 0 Å². The predicted octanol–water partition coefficient (Wildman–Crippen LogP) is 1.33. The summed E-state index contributed by atoms with van der Waals surface area (Å²) in [6.07, 6.45) is 4.36. The molecule has 7 heteroatoms. The van der Waals surface area contributed by atoms with Gasteiger partial charge in [0.25, 0.3) is 11.5 Å². The van der Waals surface area contributed by atoms with Crippen LogP contribution in [-0.2, 0) is 0 Å². The van der Waals surface area contributed by atoms with Crippen molar-refractivity contribution in [2.24, 2.45) is 0 Å². The summed E-state index contributed by atoms with van der Waals surface area (Å²) >= 11 is 1.21. The number of hydrogen-bond donors (Lipinski definition) is 3. The number of carbonyl (C=O) groups excluding carboxylic acids is 1. The number of rotatable bonds is 2. The van der Waals surface area contributed by atoms with Gasteiger partial charge >= 0.3 is 0 Å². The zero-order valence-electron chi connectivity index (χ0n) is 11.7. The molecule has 0 aliphatic heterocycles. The van der Waals surface area contributed by atoms with E-state index >= 15 is 0 Å². The van der Waals surface area contributed by atoms with Gasteiger partial charge in [-0.3, -0.25) is 9.59 Å². The van der Waals surface area contributed by atoms with Gasteiger partial charge in [0.15, 0.2) is 0 Å². The maximum absolute atomic E-state index is 12.4. The molecule has 1 aliphatic rings. The summed E-state index contributed by atoms with van der Waals surface area (Å²) in [6, 6.07) is -0.206. The lowest BCUT2D eigenvalue weighted by atomic mass is 9.92. The molecule has 112 valence electrons. The number of hydrogen-bond acceptors (Lipinski definition) is 5. The molecule has 0 radical (unpaired) electrons. The third-order valence-corrected chi connectivity index (χ3v) is 5.18. The fourth-order valence-electron chi connectivity index (χ4n) is 2.81. The molecule has 1 amide bonds. The minimum atomic E-state index is -0.487. The molecule has 6 nitrogen and oxygen atoms in total. The van der Waals surface area contributed by atoms with Crippen LogP contribution in [0.5, 0.6) is 0 Å². The van der Waals surface area contributed by atoms with Crippen molar-refractivity contribution in [3.8, 4) is 0 Å². The normalized spacial score (nSPS) is 22.4. The molecule has 0 aromatic carbocycles. The number of amides is 1. The van der Waals surface area contributed by atoms with Crippen molar-refractivity contribution in [1.82, 2.24) is 15.3 Å². The Labute approximate surface area is 125 Å². The van der Waals surface area contributed by atoms with Crippen molar-refractivity contribution < 1.29 is 9.90 Å². The van der Waals surface area contributed by atoms with Gasteiger partial charge in [0, 0.05) is 0 Å². The molecule has 0 bridgehead atoms. The summed E-state index contributed by atoms with van der Waals surface area (Å²) in [4.78, 5) is 31.9. The van der Waals surface area contributed by atoms with E-state index in [-0.39, 0.29) is 17.5 Å². The fraction of sp³-hybridized carbons (Fsp3) is 0.500. The zero-order chi connectivity index (χ0) is 15.0.